The Hall–Kier alpha value is -2.96. The van der Waals surface area contributed by atoms with Crippen molar-refractivity contribution in [3.05, 3.63) is 58.5 Å². The number of benzene rings is 1. The molecule has 21 heavy (non-hydrogen) atoms. The van der Waals surface area contributed by atoms with Crippen molar-refractivity contribution in [3.63, 3.8) is 0 Å². The fourth-order valence-electron chi connectivity index (χ4n) is 2.22. The quantitative estimate of drug-likeness (QED) is 0.587. The van der Waals surface area contributed by atoms with Crippen LogP contribution in [0.5, 0.6) is 0 Å². The second kappa shape index (κ2) is 5.20. The van der Waals surface area contributed by atoms with Crippen LogP contribution in [0, 0.1) is 10.1 Å². The van der Waals surface area contributed by atoms with Gasteiger partial charge in [-0.2, -0.15) is 5.10 Å². The number of aryl methyl sites for hydroxylation is 1. The first kappa shape index (κ1) is 13.0. The number of pyridine rings is 1. The van der Waals surface area contributed by atoms with Crippen molar-refractivity contribution in [2.24, 2.45) is 7.05 Å². The normalized spacial score (nSPS) is 10.7. The number of para-hydroxylation sites is 1. The van der Waals surface area contributed by atoms with Crippen LogP contribution in [0.4, 0.5) is 11.4 Å². The van der Waals surface area contributed by atoms with E-state index in [2.05, 4.69) is 15.4 Å². The highest BCUT2D eigenvalue weighted by molar-refractivity contribution is 5.96. The molecule has 1 N–H and O–H groups in total. The van der Waals surface area contributed by atoms with Crippen LogP contribution >= 0.6 is 0 Å². The van der Waals surface area contributed by atoms with Crippen molar-refractivity contribution in [2.75, 3.05) is 5.32 Å². The summed E-state index contributed by atoms with van der Waals surface area (Å²) in [5.74, 6) is 0. The number of rotatable bonds is 4. The van der Waals surface area contributed by atoms with E-state index in [0.717, 1.165) is 16.8 Å². The van der Waals surface area contributed by atoms with Crippen molar-refractivity contribution in [1.82, 2.24) is 14.8 Å². The molecule has 0 aliphatic heterocycles. The lowest BCUT2D eigenvalue weighted by molar-refractivity contribution is -0.383. The van der Waals surface area contributed by atoms with Gasteiger partial charge in [-0.3, -0.25) is 14.8 Å². The summed E-state index contributed by atoms with van der Waals surface area (Å²) in [5.41, 5.74) is 2.23. The Balaban J connectivity index is 1.98. The third-order valence-electron chi connectivity index (χ3n) is 3.33. The summed E-state index contributed by atoms with van der Waals surface area (Å²) in [6, 6.07) is 8.67. The Bertz CT molecular complexity index is 812. The lowest BCUT2D eigenvalue weighted by Crippen LogP contribution is -2.06. The molecule has 7 nitrogen and oxygen atoms in total. The molecule has 0 radical (unpaired) electrons. The average Bonchev–Trinajstić information content (AvgIpc) is 2.89. The van der Waals surface area contributed by atoms with Gasteiger partial charge in [-0.25, -0.2) is 4.98 Å². The van der Waals surface area contributed by atoms with Crippen molar-refractivity contribution in [3.8, 4) is 0 Å². The molecule has 0 aliphatic carbocycles. The summed E-state index contributed by atoms with van der Waals surface area (Å²) >= 11 is 0. The Morgan fingerprint density at radius 1 is 1.29 bits per heavy atom. The maximum absolute atomic E-state index is 11.0. The van der Waals surface area contributed by atoms with E-state index in [1.807, 2.05) is 25.2 Å². The number of hydrogen-bond donors (Lipinski definition) is 1. The molecule has 0 spiro atoms. The number of nitro groups is 1. The molecule has 0 saturated heterocycles. The first-order chi connectivity index (χ1) is 10.2. The van der Waals surface area contributed by atoms with Gasteiger partial charge >= 0.3 is 0 Å². The van der Waals surface area contributed by atoms with E-state index in [9.17, 15) is 10.1 Å². The van der Waals surface area contributed by atoms with Crippen LogP contribution in [0.25, 0.3) is 10.9 Å². The molecule has 0 aliphatic rings. The molecular weight excluding hydrogens is 270 g/mol. The van der Waals surface area contributed by atoms with E-state index in [1.54, 1.807) is 23.1 Å². The number of nitrogens with one attached hydrogen (secondary N) is 1. The minimum Gasteiger partial charge on any atom is -0.379 e. The van der Waals surface area contributed by atoms with Crippen LogP contribution in [0.2, 0.25) is 0 Å². The molecule has 2 heterocycles. The number of nitrogens with zero attached hydrogens (tertiary/aromatic N) is 4. The van der Waals surface area contributed by atoms with Gasteiger partial charge in [-0.05, 0) is 12.1 Å². The SMILES string of the molecule is Cn1nccc1CNc1ccnc2c([N+](=O)[O-])cccc12. The predicted molar refractivity (Wildman–Crippen MR) is 78.9 cm³/mol. The molecule has 0 fully saturated rings. The molecular formula is C14H13N5O2. The summed E-state index contributed by atoms with van der Waals surface area (Å²) < 4.78 is 1.78. The maximum atomic E-state index is 11.0. The highest BCUT2D eigenvalue weighted by Crippen LogP contribution is 2.28. The number of anilines is 1. The third kappa shape index (κ3) is 2.40. The zero-order valence-electron chi connectivity index (χ0n) is 11.4. The van der Waals surface area contributed by atoms with E-state index >= 15 is 0 Å². The van der Waals surface area contributed by atoms with Crippen molar-refractivity contribution >= 4 is 22.3 Å². The van der Waals surface area contributed by atoms with Gasteiger partial charge in [0.05, 0.1) is 17.2 Å². The van der Waals surface area contributed by atoms with E-state index in [4.69, 9.17) is 0 Å². The molecule has 0 atom stereocenters. The maximum Gasteiger partial charge on any atom is 0.295 e. The van der Waals surface area contributed by atoms with Crippen molar-refractivity contribution < 1.29 is 4.92 Å². The van der Waals surface area contributed by atoms with Crippen LogP contribution in [0.1, 0.15) is 5.69 Å². The van der Waals surface area contributed by atoms with Crippen molar-refractivity contribution in [2.45, 2.75) is 6.54 Å². The third-order valence-corrected chi connectivity index (χ3v) is 3.33. The topological polar surface area (TPSA) is 85.9 Å². The summed E-state index contributed by atoms with van der Waals surface area (Å²) in [5, 5.41) is 19.2. The summed E-state index contributed by atoms with van der Waals surface area (Å²) in [4.78, 5) is 14.8. The fourth-order valence-corrected chi connectivity index (χ4v) is 2.22. The number of aromatic nitrogens is 3. The van der Waals surface area contributed by atoms with E-state index in [-0.39, 0.29) is 5.69 Å². The lowest BCUT2D eigenvalue weighted by Gasteiger charge is -2.09. The smallest absolute Gasteiger partial charge is 0.295 e. The summed E-state index contributed by atoms with van der Waals surface area (Å²) in [7, 11) is 1.87. The minimum absolute atomic E-state index is 0.0108. The molecule has 3 aromatic rings. The van der Waals surface area contributed by atoms with E-state index in [1.165, 1.54) is 6.07 Å². The van der Waals surface area contributed by atoms with Gasteiger partial charge < -0.3 is 5.32 Å². The Kier molecular flexibility index (Phi) is 3.23. The molecule has 3 rings (SSSR count). The number of hydrogen-bond acceptors (Lipinski definition) is 5. The molecule has 0 saturated carbocycles. The van der Waals surface area contributed by atoms with E-state index in [0.29, 0.717) is 12.1 Å². The molecule has 106 valence electrons. The van der Waals surface area contributed by atoms with Crippen LogP contribution in [-0.4, -0.2) is 19.7 Å². The second-order valence-electron chi connectivity index (χ2n) is 4.59. The predicted octanol–water partition coefficient (Wildman–Crippen LogP) is 2.49. The van der Waals surface area contributed by atoms with Crippen LogP contribution in [0.15, 0.2) is 42.7 Å². The van der Waals surface area contributed by atoms with Crippen LogP contribution in [-0.2, 0) is 13.6 Å². The zero-order chi connectivity index (χ0) is 14.8. The number of nitro benzene ring substituents is 1. The first-order valence-corrected chi connectivity index (χ1v) is 6.39. The first-order valence-electron chi connectivity index (χ1n) is 6.39. The molecule has 0 amide bonds. The summed E-state index contributed by atoms with van der Waals surface area (Å²) in [6.07, 6.45) is 3.30. The van der Waals surface area contributed by atoms with Crippen molar-refractivity contribution in [1.29, 1.82) is 0 Å². The number of non-ortho nitro benzene ring substituents is 1. The largest absolute Gasteiger partial charge is 0.379 e. The molecule has 2 aromatic heterocycles. The second-order valence-corrected chi connectivity index (χ2v) is 4.59. The standard InChI is InChI=1S/C14H13N5O2/c1-18-10(5-8-17-18)9-16-12-6-7-15-14-11(12)3-2-4-13(14)19(20)21/h2-8H,9H2,1H3,(H,15,16). The Morgan fingerprint density at radius 3 is 2.86 bits per heavy atom. The van der Waals surface area contributed by atoms with E-state index < -0.39 is 4.92 Å². The molecule has 7 heteroatoms. The van der Waals surface area contributed by atoms with Gasteiger partial charge in [0.15, 0.2) is 0 Å². The molecule has 0 unspecified atom stereocenters. The van der Waals surface area contributed by atoms with Gasteiger partial charge in [-0.15, -0.1) is 0 Å². The monoisotopic (exact) mass is 283 g/mol. The minimum atomic E-state index is -0.416. The van der Waals surface area contributed by atoms with Crippen LogP contribution in [0.3, 0.4) is 0 Å². The zero-order valence-corrected chi connectivity index (χ0v) is 11.4. The number of fused-ring (bicyclic) bond motifs is 1. The lowest BCUT2D eigenvalue weighted by atomic mass is 10.1. The Labute approximate surface area is 120 Å². The average molecular weight is 283 g/mol. The highest BCUT2D eigenvalue weighted by Gasteiger charge is 2.14. The Morgan fingerprint density at radius 2 is 2.14 bits per heavy atom. The fraction of sp³-hybridized carbons (Fsp3) is 0.143. The van der Waals surface area contributed by atoms with Gasteiger partial charge in [-0.1, -0.05) is 12.1 Å². The van der Waals surface area contributed by atoms with Crippen LogP contribution < -0.4 is 5.32 Å². The summed E-state index contributed by atoms with van der Waals surface area (Å²) in [6.45, 7) is 0.582. The highest BCUT2D eigenvalue weighted by atomic mass is 16.6. The molecule has 0 bridgehead atoms. The van der Waals surface area contributed by atoms with Gasteiger partial charge in [0.25, 0.3) is 5.69 Å². The van der Waals surface area contributed by atoms with Gasteiger partial charge in [0, 0.05) is 36.6 Å². The molecule has 1 aromatic carbocycles. The van der Waals surface area contributed by atoms with Gasteiger partial charge in [0.2, 0.25) is 0 Å². The van der Waals surface area contributed by atoms with Gasteiger partial charge in [0.1, 0.15) is 5.52 Å².